The lowest BCUT2D eigenvalue weighted by atomic mass is 10.1. The maximum absolute atomic E-state index is 13.2. The fraction of sp³-hybridized carbons (Fsp3) is 0.348. The summed E-state index contributed by atoms with van der Waals surface area (Å²) in [6.45, 7) is 5.81. The number of carbonyl (C=O) groups is 2. The second kappa shape index (κ2) is 8.44. The molecular weight excluding hydrogens is 398 g/mol. The van der Waals surface area contributed by atoms with Gasteiger partial charge in [0.05, 0.1) is 5.69 Å². The Morgan fingerprint density at radius 1 is 1.03 bits per heavy atom. The van der Waals surface area contributed by atoms with Gasteiger partial charge >= 0.3 is 0 Å². The summed E-state index contributed by atoms with van der Waals surface area (Å²) < 4.78 is 5.95. The molecule has 0 aliphatic carbocycles. The molecule has 0 atom stereocenters. The van der Waals surface area contributed by atoms with E-state index in [2.05, 4.69) is 10.2 Å². The predicted molar refractivity (Wildman–Crippen MR) is 122 cm³/mol. The summed E-state index contributed by atoms with van der Waals surface area (Å²) in [6.07, 6.45) is 6.24. The Bertz CT molecular complexity index is 1030. The molecule has 2 saturated heterocycles. The Hall–Kier alpha value is -2.93. The molecule has 0 saturated carbocycles. The van der Waals surface area contributed by atoms with Crippen molar-refractivity contribution in [1.82, 2.24) is 5.32 Å². The Labute approximate surface area is 181 Å². The van der Waals surface area contributed by atoms with E-state index in [4.69, 9.17) is 16.6 Å². The van der Waals surface area contributed by atoms with E-state index in [1.807, 2.05) is 38.1 Å². The van der Waals surface area contributed by atoms with Gasteiger partial charge in [0.15, 0.2) is 11.0 Å². The van der Waals surface area contributed by atoms with Crippen LogP contribution in [0.15, 0.2) is 40.3 Å². The maximum Gasteiger partial charge on any atom is 0.270 e. The number of carbonyl (C=O) groups excluding carboxylic acids is 2. The first-order valence-electron chi connectivity index (χ1n) is 10.3. The van der Waals surface area contributed by atoms with E-state index < -0.39 is 11.8 Å². The molecule has 0 radical (unpaired) electrons. The van der Waals surface area contributed by atoms with Crippen LogP contribution in [0, 0.1) is 13.8 Å². The standard InChI is InChI=1S/C23H25N3O3S/c1-15-7-9-19(16(2)13-15)26-22(28)18(21(27)24-23(26)30)14-17-8-10-20(29-17)25-11-5-3-4-6-12-25/h7-10,13-14H,3-6,11-12H2,1-2H3,(H,24,27,30). The lowest BCUT2D eigenvalue weighted by molar-refractivity contribution is -0.122. The molecule has 7 heteroatoms. The third kappa shape index (κ3) is 4.03. The number of hydrogen-bond acceptors (Lipinski definition) is 5. The van der Waals surface area contributed by atoms with Crippen LogP contribution in [-0.4, -0.2) is 30.0 Å². The van der Waals surface area contributed by atoms with Crippen LogP contribution >= 0.6 is 12.2 Å². The van der Waals surface area contributed by atoms with Gasteiger partial charge < -0.3 is 9.32 Å². The number of rotatable bonds is 3. The molecule has 30 heavy (non-hydrogen) atoms. The molecule has 2 aliphatic heterocycles. The second-order valence-corrected chi connectivity index (χ2v) is 8.21. The van der Waals surface area contributed by atoms with Crippen molar-refractivity contribution in [2.75, 3.05) is 22.9 Å². The number of nitrogens with zero attached hydrogens (tertiary/aromatic N) is 2. The van der Waals surface area contributed by atoms with Crippen LogP contribution in [0.25, 0.3) is 6.08 Å². The largest absolute Gasteiger partial charge is 0.441 e. The first-order valence-corrected chi connectivity index (χ1v) is 10.7. The van der Waals surface area contributed by atoms with Gasteiger partial charge in [0, 0.05) is 19.2 Å². The SMILES string of the molecule is Cc1ccc(N2C(=O)C(=Cc3ccc(N4CCCCCC4)o3)C(=O)NC2=S)c(C)c1. The number of aryl methyl sites for hydroxylation is 2. The molecule has 0 bridgehead atoms. The molecule has 0 spiro atoms. The summed E-state index contributed by atoms with van der Waals surface area (Å²) in [7, 11) is 0. The van der Waals surface area contributed by atoms with Crippen molar-refractivity contribution in [3.63, 3.8) is 0 Å². The Morgan fingerprint density at radius 2 is 1.77 bits per heavy atom. The van der Waals surface area contributed by atoms with Gasteiger partial charge in [-0.15, -0.1) is 0 Å². The number of anilines is 2. The van der Waals surface area contributed by atoms with E-state index in [9.17, 15) is 9.59 Å². The van der Waals surface area contributed by atoms with Gasteiger partial charge in [0.25, 0.3) is 11.8 Å². The molecule has 6 nitrogen and oxygen atoms in total. The minimum Gasteiger partial charge on any atom is -0.441 e. The quantitative estimate of drug-likeness (QED) is 0.457. The van der Waals surface area contributed by atoms with E-state index in [0.717, 1.165) is 42.9 Å². The average Bonchev–Trinajstić information content (AvgIpc) is 2.99. The Kier molecular flexibility index (Phi) is 5.72. The molecule has 1 N–H and O–H groups in total. The summed E-state index contributed by atoms with van der Waals surface area (Å²) in [4.78, 5) is 29.3. The summed E-state index contributed by atoms with van der Waals surface area (Å²) in [5.41, 5.74) is 2.65. The summed E-state index contributed by atoms with van der Waals surface area (Å²) >= 11 is 5.29. The lowest BCUT2D eigenvalue weighted by Crippen LogP contribution is -2.54. The van der Waals surface area contributed by atoms with E-state index >= 15 is 0 Å². The zero-order valence-electron chi connectivity index (χ0n) is 17.2. The van der Waals surface area contributed by atoms with Crippen molar-refractivity contribution < 1.29 is 14.0 Å². The van der Waals surface area contributed by atoms with Crippen molar-refractivity contribution in [1.29, 1.82) is 0 Å². The number of nitrogens with one attached hydrogen (secondary N) is 1. The van der Waals surface area contributed by atoms with Crippen LogP contribution in [-0.2, 0) is 9.59 Å². The van der Waals surface area contributed by atoms with Crippen molar-refractivity contribution >= 4 is 46.8 Å². The molecule has 2 amide bonds. The van der Waals surface area contributed by atoms with Crippen LogP contribution in [0.2, 0.25) is 0 Å². The van der Waals surface area contributed by atoms with E-state index in [-0.39, 0.29) is 10.7 Å². The first kappa shape index (κ1) is 20.3. The highest BCUT2D eigenvalue weighted by atomic mass is 32.1. The number of amides is 2. The van der Waals surface area contributed by atoms with E-state index in [1.54, 1.807) is 6.07 Å². The van der Waals surface area contributed by atoms with Gasteiger partial charge in [0.1, 0.15) is 11.3 Å². The molecule has 3 heterocycles. The van der Waals surface area contributed by atoms with Gasteiger partial charge in [0.2, 0.25) is 0 Å². The zero-order valence-corrected chi connectivity index (χ0v) is 18.1. The normalized spacial score (nSPS) is 19.3. The first-order chi connectivity index (χ1) is 14.4. The smallest absolute Gasteiger partial charge is 0.270 e. The molecule has 2 aromatic rings. The third-order valence-corrected chi connectivity index (χ3v) is 5.80. The van der Waals surface area contributed by atoms with Gasteiger partial charge in [-0.05, 0) is 62.7 Å². The van der Waals surface area contributed by atoms with Crippen molar-refractivity contribution in [2.45, 2.75) is 39.5 Å². The summed E-state index contributed by atoms with van der Waals surface area (Å²) in [5.74, 6) is 0.275. The minimum atomic E-state index is -0.515. The van der Waals surface area contributed by atoms with Gasteiger partial charge in [-0.1, -0.05) is 30.5 Å². The topological polar surface area (TPSA) is 65.8 Å². The monoisotopic (exact) mass is 423 g/mol. The molecule has 1 aromatic heterocycles. The average molecular weight is 424 g/mol. The molecule has 4 rings (SSSR count). The highest BCUT2D eigenvalue weighted by Crippen LogP contribution is 2.28. The van der Waals surface area contributed by atoms with Crippen LogP contribution in [0.5, 0.6) is 0 Å². The molecule has 1 aromatic carbocycles. The predicted octanol–water partition coefficient (Wildman–Crippen LogP) is 4.11. The highest BCUT2D eigenvalue weighted by Gasteiger charge is 2.35. The number of benzene rings is 1. The van der Waals surface area contributed by atoms with Crippen molar-refractivity contribution in [3.8, 4) is 0 Å². The number of thiocarbonyl (C=S) groups is 1. The fourth-order valence-electron chi connectivity index (χ4n) is 3.96. The molecule has 2 fully saturated rings. The fourth-order valence-corrected chi connectivity index (χ4v) is 4.23. The van der Waals surface area contributed by atoms with Crippen LogP contribution in [0.3, 0.4) is 0 Å². The van der Waals surface area contributed by atoms with Crippen LogP contribution in [0.4, 0.5) is 11.6 Å². The van der Waals surface area contributed by atoms with E-state index in [0.29, 0.717) is 11.4 Å². The van der Waals surface area contributed by atoms with Crippen molar-refractivity contribution in [2.24, 2.45) is 0 Å². The molecule has 0 unspecified atom stereocenters. The molecule has 2 aliphatic rings. The zero-order chi connectivity index (χ0) is 21.3. The molecular formula is C23H25N3O3S. The molecule has 156 valence electrons. The Morgan fingerprint density at radius 3 is 2.47 bits per heavy atom. The van der Waals surface area contributed by atoms with Crippen LogP contribution < -0.4 is 15.1 Å². The number of hydrogen-bond donors (Lipinski definition) is 1. The Balaban J connectivity index is 1.63. The minimum absolute atomic E-state index is 0.000316. The highest BCUT2D eigenvalue weighted by molar-refractivity contribution is 7.80. The van der Waals surface area contributed by atoms with E-state index in [1.165, 1.54) is 23.8 Å². The van der Waals surface area contributed by atoms with Crippen LogP contribution in [0.1, 0.15) is 42.6 Å². The maximum atomic E-state index is 13.2. The van der Waals surface area contributed by atoms with Gasteiger partial charge in [-0.25, -0.2) is 0 Å². The van der Waals surface area contributed by atoms with Crippen molar-refractivity contribution in [3.05, 3.63) is 52.8 Å². The van der Waals surface area contributed by atoms with Gasteiger partial charge in [-0.2, -0.15) is 0 Å². The lowest BCUT2D eigenvalue weighted by Gasteiger charge is -2.30. The second-order valence-electron chi connectivity index (χ2n) is 7.83. The third-order valence-electron chi connectivity index (χ3n) is 5.51. The number of furan rings is 1. The van der Waals surface area contributed by atoms with Gasteiger partial charge in [-0.3, -0.25) is 19.8 Å². The summed E-state index contributed by atoms with van der Waals surface area (Å²) in [6, 6.07) is 9.43. The summed E-state index contributed by atoms with van der Waals surface area (Å²) in [5, 5.41) is 2.71.